The zero-order valence-electron chi connectivity index (χ0n) is 10.3. The van der Waals surface area contributed by atoms with E-state index in [2.05, 4.69) is 41.2 Å². The Morgan fingerprint density at radius 3 is 2.59 bits per heavy atom. The molecule has 17 heavy (non-hydrogen) atoms. The van der Waals surface area contributed by atoms with Crippen LogP contribution in [0.15, 0.2) is 31.0 Å². The quantitative estimate of drug-likeness (QED) is 0.875. The van der Waals surface area contributed by atoms with E-state index in [4.69, 9.17) is 0 Å². The Hall–Kier alpha value is -1.91. The van der Waals surface area contributed by atoms with Crippen LogP contribution in [0.4, 0.5) is 5.69 Å². The summed E-state index contributed by atoms with van der Waals surface area (Å²) in [6.45, 7) is 6.54. The van der Waals surface area contributed by atoms with Gasteiger partial charge in [-0.3, -0.25) is 0 Å². The minimum absolute atomic E-state index is 0.425. The lowest BCUT2D eigenvalue weighted by atomic mass is 10.1. The first-order valence-corrected chi connectivity index (χ1v) is 5.74. The van der Waals surface area contributed by atoms with Crippen LogP contribution in [0.2, 0.25) is 0 Å². The van der Waals surface area contributed by atoms with Gasteiger partial charge in [0.15, 0.2) is 5.82 Å². The zero-order chi connectivity index (χ0) is 12.3. The first-order chi connectivity index (χ1) is 8.16. The van der Waals surface area contributed by atoms with Crippen molar-refractivity contribution in [1.29, 1.82) is 0 Å². The number of rotatable bonds is 4. The van der Waals surface area contributed by atoms with Gasteiger partial charge in [-0.15, -0.1) is 0 Å². The Labute approximate surface area is 101 Å². The lowest BCUT2D eigenvalue weighted by Gasteiger charge is -2.18. The van der Waals surface area contributed by atoms with Crippen molar-refractivity contribution in [3.05, 3.63) is 31.0 Å². The summed E-state index contributed by atoms with van der Waals surface area (Å²) in [5, 5.41) is 7.43. The number of pyridine rings is 1. The van der Waals surface area contributed by atoms with Crippen molar-refractivity contribution in [2.45, 2.75) is 26.8 Å². The largest absolute Gasteiger partial charge is 0.381 e. The van der Waals surface area contributed by atoms with Gasteiger partial charge >= 0.3 is 0 Å². The van der Waals surface area contributed by atoms with E-state index in [0.717, 1.165) is 11.5 Å². The highest BCUT2D eigenvalue weighted by molar-refractivity contribution is 5.44. The number of anilines is 1. The van der Waals surface area contributed by atoms with Crippen LogP contribution in [-0.2, 0) is 0 Å². The third kappa shape index (κ3) is 2.81. The molecule has 0 saturated heterocycles. The second-order valence-corrected chi connectivity index (χ2v) is 4.42. The van der Waals surface area contributed by atoms with Crippen molar-refractivity contribution < 1.29 is 0 Å². The molecule has 0 bridgehead atoms. The lowest BCUT2D eigenvalue weighted by Crippen LogP contribution is -2.21. The van der Waals surface area contributed by atoms with Crippen LogP contribution in [0.5, 0.6) is 0 Å². The maximum atomic E-state index is 4.33. The third-order valence-corrected chi connectivity index (χ3v) is 2.80. The smallest absolute Gasteiger partial charge is 0.155 e. The van der Waals surface area contributed by atoms with E-state index in [-0.39, 0.29) is 0 Å². The molecule has 0 radical (unpaired) electrons. The fourth-order valence-corrected chi connectivity index (χ4v) is 1.36. The maximum Gasteiger partial charge on any atom is 0.155 e. The van der Waals surface area contributed by atoms with Crippen LogP contribution >= 0.6 is 0 Å². The van der Waals surface area contributed by atoms with E-state index >= 15 is 0 Å². The van der Waals surface area contributed by atoms with Crippen LogP contribution in [0.3, 0.4) is 0 Å². The summed E-state index contributed by atoms with van der Waals surface area (Å²) in [7, 11) is 0. The molecule has 0 saturated carbocycles. The van der Waals surface area contributed by atoms with Gasteiger partial charge in [0.05, 0.1) is 11.9 Å². The molecule has 1 atom stereocenters. The maximum absolute atomic E-state index is 4.33. The topological polar surface area (TPSA) is 55.6 Å². The summed E-state index contributed by atoms with van der Waals surface area (Å²) >= 11 is 0. The summed E-state index contributed by atoms with van der Waals surface area (Å²) < 4.78 is 1.63. The van der Waals surface area contributed by atoms with Gasteiger partial charge in [-0.2, -0.15) is 5.10 Å². The fraction of sp³-hybridized carbons (Fsp3) is 0.417. The van der Waals surface area contributed by atoms with Gasteiger partial charge in [0.25, 0.3) is 0 Å². The van der Waals surface area contributed by atoms with E-state index < -0.39 is 0 Å². The number of hydrogen-bond acceptors (Lipinski definition) is 4. The summed E-state index contributed by atoms with van der Waals surface area (Å²) in [5.41, 5.74) is 1.02. The molecule has 90 valence electrons. The highest BCUT2D eigenvalue weighted by Gasteiger charge is 2.06. The van der Waals surface area contributed by atoms with Crippen LogP contribution in [0, 0.1) is 5.92 Å². The number of hydrogen-bond donors (Lipinski definition) is 1. The van der Waals surface area contributed by atoms with E-state index in [1.54, 1.807) is 11.0 Å². The van der Waals surface area contributed by atoms with Gasteiger partial charge in [-0.1, -0.05) is 13.8 Å². The monoisotopic (exact) mass is 231 g/mol. The molecule has 2 rings (SSSR count). The molecule has 0 fully saturated rings. The molecule has 1 N–H and O–H groups in total. The number of nitrogens with zero attached hydrogens (tertiary/aromatic N) is 4. The average molecular weight is 231 g/mol. The Morgan fingerprint density at radius 1 is 1.24 bits per heavy atom. The van der Waals surface area contributed by atoms with E-state index in [1.165, 1.54) is 6.33 Å². The summed E-state index contributed by atoms with van der Waals surface area (Å²) in [6.07, 6.45) is 4.94. The standard InChI is InChI=1S/C12H17N5/c1-9(2)10(3)16-11-4-5-12(14-6-11)17-8-13-7-15-17/h4-10,16H,1-3H3. The van der Waals surface area contributed by atoms with Gasteiger partial charge in [0.2, 0.25) is 0 Å². The average Bonchev–Trinajstić information content (AvgIpc) is 2.83. The molecule has 0 aromatic carbocycles. The predicted octanol–water partition coefficient (Wildman–Crippen LogP) is 2.12. The Morgan fingerprint density at radius 2 is 2.06 bits per heavy atom. The first kappa shape index (κ1) is 11.6. The number of nitrogens with one attached hydrogen (secondary N) is 1. The summed E-state index contributed by atoms with van der Waals surface area (Å²) in [5.74, 6) is 1.36. The molecule has 0 aliphatic heterocycles. The molecule has 0 aliphatic rings. The van der Waals surface area contributed by atoms with Crippen molar-refractivity contribution in [2.24, 2.45) is 5.92 Å². The molecule has 2 aromatic rings. The van der Waals surface area contributed by atoms with Crippen LogP contribution < -0.4 is 5.32 Å². The van der Waals surface area contributed by atoms with Crippen molar-refractivity contribution in [3.8, 4) is 5.82 Å². The highest BCUT2D eigenvalue weighted by Crippen LogP contribution is 2.12. The SMILES string of the molecule is CC(C)C(C)Nc1ccc(-n2cncn2)nc1. The lowest BCUT2D eigenvalue weighted by molar-refractivity contribution is 0.560. The molecule has 0 amide bonds. The van der Waals surface area contributed by atoms with Gasteiger partial charge < -0.3 is 5.32 Å². The fourth-order valence-electron chi connectivity index (χ4n) is 1.36. The molecule has 5 heteroatoms. The predicted molar refractivity (Wildman–Crippen MR) is 67.1 cm³/mol. The van der Waals surface area contributed by atoms with Crippen molar-refractivity contribution in [3.63, 3.8) is 0 Å². The molecule has 1 unspecified atom stereocenters. The van der Waals surface area contributed by atoms with Gasteiger partial charge in [0.1, 0.15) is 12.7 Å². The second-order valence-electron chi connectivity index (χ2n) is 4.42. The van der Waals surface area contributed by atoms with E-state index in [0.29, 0.717) is 12.0 Å². The van der Waals surface area contributed by atoms with E-state index in [9.17, 15) is 0 Å². The third-order valence-electron chi connectivity index (χ3n) is 2.80. The van der Waals surface area contributed by atoms with Gasteiger partial charge in [-0.25, -0.2) is 14.6 Å². The van der Waals surface area contributed by atoms with Gasteiger partial charge in [-0.05, 0) is 25.0 Å². The van der Waals surface area contributed by atoms with Crippen LogP contribution in [0.1, 0.15) is 20.8 Å². The molecule has 5 nitrogen and oxygen atoms in total. The summed E-state index contributed by atoms with van der Waals surface area (Å²) in [6, 6.07) is 4.35. The first-order valence-electron chi connectivity index (χ1n) is 5.74. The van der Waals surface area contributed by atoms with Gasteiger partial charge in [0, 0.05) is 6.04 Å². The Balaban J connectivity index is 2.08. The Kier molecular flexibility index (Phi) is 3.37. The normalized spacial score (nSPS) is 12.7. The summed E-state index contributed by atoms with van der Waals surface area (Å²) in [4.78, 5) is 8.22. The molecule has 2 aromatic heterocycles. The van der Waals surface area contributed by atoms with E-state index in [1.807, 2.05) is 18.3 Å². The van der Waals surface area contributed by atoms with Crippen LogP contribution in [-0.4, -0.2) is 25.8 Å². The number of aromatic nitrogens is 4. The zero-order valence-corrected chi connectivity index (χ0v) is 10.3. The molecule has 0 spiro atoms. The van der Waals surface area contributed by atoms with Crippen molar-refractivity contribution in [1.82, 2.24) is 19.7 Å². The second kappa shape index (κ2) is 4.95. The minimum Gasteiger partial charge on any atom is -0.381 e. The molecule has 0 aliphatic carbocycles. The molecular weight excluding hydrogens is 214 g/mol. The van der Waals surface area contributed by atoms with Crippen molar-refractivity contribution >= 4 is 5.69 Å². The molecular formula is C12H17N5. The molecule has 2 heterocycles. The van der Waals surface area contributed by atoms with Crippen molar-refractivity contribution in [2.75, 3.05) is 5.32 Å². The minimum atomic E-state index is 0.425. The van der Waals surface area contributed by atoms with Crippen LogP contribution in [0.25, 0.3) is 5.82 Å². The highest BCUT2D eigenvalue weighted by atomic mass is 15.3. The Bertz CT molecular complexity index is 446.